The van der Waals surface area contributed by atoms with Crippen molar-refractivity contribution in [2.45, 2.75) is 13.0 Å². The fourth-order valence-electron chi connectivity index (χ4n) is 3.34. The Labute approximate surface area is 159 Å². The van der Waals surface area contributed by atoms with Crippen LogP contribution in [0.3, 0.4) is 0 Å². The third-order valence-electron chi connectivity index (χ3n) is 4.77. The van der Waals surface area contributed by atoms with Gasteiger partial charge >= 0.3 is 0 Å². The molecule has 6 heteroatoms. The minimum Gasteiger partial charge on any atom is -0.490 e. The van der Waals surface area contributed by atoms with E-state index in [0.29, 0.717) is 38.5 Å². The molecule has 1 saturated heterocycles. The summed E-state index contributed by atoms with van der Waals surface area (Å²) in [7, 11) is 0. The number of morpholine rings is 1. The third-order valence-corrected chi connectivity index (χ3v) is 4.77. The number of hydrogen-bond acceptors (Lipinski definition) is 5. The van der Waals surface area contributed by atoms with E-state index in [4.69, 9.17) is 14.2 Å². The molecule has 142 valence electrons. The molecule has 0 saturated carbocycles. The van der Waals surface area contributed by atoms with Gasteiger partial charge in [0.15, 0.2) is 11.5 Å². The molecule has 0 unspecified atom stereocenters. The van der Waals surface area contributed by atoms with E-state index in [9.17, 15) is 4.79 Å². The molecule has 2 aromatic rings. The second-order valence-corrected chi connectivity index (χ2v) is 6.63. The van der Waals surface area contributed by atoms with Crippen molar-refractivity contribution in [2.24, 2.45) is 0 Å². The largest absolute Gasteiger partial charge is 0.490 e. The molecular formula is C21H24N2O4. The Morgan fingerprint density at radius 3 is 2.59 bits per heavy atom. The number of anilines is 1. The molecule has 0 bridgehead atoms. The zero-order valence-corrected chi connectivity index (χ0v) is 15.3. The summed E-state index contributed by atoms with van der Waals surface area (Å²) in [5, 5.41) is 3.02. The number of fused-ring (bicyclic) bond motifs is 1. The summed E-state index contributed by atoms with van der Waals surface area (Å²) < 4.78 is 16.8. The molecule has 1 fully saturated rings. The SMILES string of the molecule is O=C(NCc1ccc2c(c1)OCCCO2)c1ccccc1N1CCOCC1. The van der Waals surface area contributed by atoms with Gasteiger partial charge < -0.3 is 24.4 Å². The maximum atomic E-state index is 12.8. The Morgan fingerprint density at radius 1 is 0.963 bits per heavy atom. The van der Waals surface area contributed by atoms with Gasteiger partial charge in [0.25, 0.3) is 5.91 Å². The molecule has 0 radical (unpaired) electrons. The zero-order valence-electron chi connectivity index (χ0n) is 15.3. The van der Waals surface area contributed by atoms with Gasteiger partial charge in [0.1, 0.15) is 0 Å². The highest BCUT2D eigenvalue weighted by Gasteiger charge is 2.18. The van der Waals surface area contributed by atoms with E-state index in [0.717, 1.165) is 42.3 Å². The van der Waals surface area contributed by atoms with Gasteiger partial charge in [-0.25, -0.2) is 0 Å². The van der Waals surface area contributed by atoms with Crippen molar-refractivity contribution in [3.63, 3.8) is 0 Å². The summed E-state index contributed by atoms with van der Waals surface area (Å²) >= 11 is 0. The highest BCUT2D eigenvalue weighted by molar-refractivity contribution is 5.99. The zero-order chi connectivity index (χ0) is 18.5. The average molecular weight is 368 g/mol. The highest BCUT2D eigenvalue weighted by atomic mass is 16.5. The lowest BCUT2D eigenvalue weighted by Gasteiger charge is -2.30. The van der Waals surface area contributed by atoms with Crippen LogP contribution >= 0.6 is 0 Å². The number of nitrogens with one attached hydrogen (secondary N) is 1. The van der Waals surface area contributed by atoms with Gasteiger partial charge in [-0.05, 0) is 29.8 Å². The molecule has 0 aromatic heterocycles. The predicted molar refractivity (Wildman–Crippen MR) is 103 cm³/mol. The Kier molecular flexibility index (Phi) is 5.44. The molecular weight excluding hydrogens is 344 g/mol. The second kappa shape index (κ2) is 8.31. The molecule has 2 aliphatic rings. The molecule has 6 nitrogen and oxygen atoms in total. The van der Waals surface area contributed by atoms with Gasteiger partial charge in [-0.2, -0.15) is 0 Å². The number of amides is 1. The lowest BCUT2D eigenvalue weighted by molar-refractivity contribution is 0.0949. The van der Waals surface area contributed by atoms with Gasteiger partial charge in [0, 0.05) is 31.7 Å². The van der Waals surface area contributed by atoms with Crippen LogP contribution in [0, 0.1) is 0 Å². The van der Waals surface area contributed by atoms with Crippen molar-refractivity contribution in [3.8, 4) is 11.5 Å². The molecule has 0 spiro atoms. The van der Waals surface area contributed by atoms with Crippen LogP contribution in [0.25, 0.3) is 0 Å². The van der Waals surface area contributed by atoms with E-state index < -0.39 is 0 Å². The quantitative estimate of drug-likeness (QED) is 0.899. The van der Waals surface area contributed by atoms with Gasteiger partial charge in [0.2, 0.25) is 0 Å². The fraction of sp³-hybridized carbons (Fsp3) is 0.381. The summed E-state index contributed by atoms with van der Waals surface area (Å²) in [4.78, 5) is 15.0. The summed E-state index contributed by atoms with van der Waals surface area (Å²) in [6, 6.07) is 13.5. The van der Waals surface area contributed by atoms with E-state index in [1.807, 2.05) is 42.5 Å². The summed E-state index contributed by atoms with van der Waals surface area (Å²) in [6.07, 6.45) is 0.874. The Hall–Kier alpha value is -2.73. The van der Waals surface area contributed by atoms with Crippen LogP contribution < -0.4 is 19.7 Å². The molecule has 0 atom stereocenters. The van der Waals surface area contributed by atoms with Crippen molar-refractivity contribution < 1.29 is 19.0 Å². The Balaban J connectivity index is 1.45. The van der Waals surface area contributed by atoms with Gasteiger partial charge in [-0.1, -0.05) is 18.2 Å². The van der Waals surface area contributed by atoms with Crippen LogP contribution in [0.2, 0.25) is 0 Å². The van der Waals surface area contributed by atoms with Crippen molar-refractivity contribution in [2.75, 3.05) is 44.4 Å². The fourth-order valence-corrected chi connectivity index (χ4v) is 3.34. The number of carbonyl (C=O) groups excluding carboxylic acids is 1. The number of ether oxygens (including phenoxy) is 3. The first kappa shape index (κ1) is 17.7. The molecule has 2 aliphatic heterocycles. The van der Waals surface area contributed by atoms with E-state index >= 15 is 0 Å². The minimum atomic E-state index is -0.0794. The molecule has 2 heterocycles. The number of hydrogen-bond donors (Lipinski definition) is 1. The van der Waals surface area contributed by atoms with Crippen molar-refractivity contribution >= 4 is 11.6 Å². The van der Waals surface area contributed by atoms with Crippen molar-refractivity contribution in [3.05, 3.63) is 53.6 Å². The van der Waals surface area contributed by atoms with Crippen molar-refractivity contribution in [1.82, 2.24) is 5.32 Å². The predicted octanol–water partition coefficient (Wildman–Crippen LogP) is 2.61. The number of rotatable bonds is 4. The standard InChI is InChI=1S/C21H24N2O4/c24-21(17-4-1-2-5-18(17)23-8-12-25-13-9-23)22-15-16-6-7-19-20(14-16)27-11-3-10-26-19/h1-2,4-7,14H,3,8-13,15H2,(H,22,24). The third kappa shape index (κ3) is 4.17. The number of carbonyl (C=O) groups is 1. The maximum absolute atomic E-state index is 12.8. The minimum absolute atomic E-state index is 0.0794. The highest BCUT2D eigenvalue weighted by Crippen LogP contribution is 2.30. The second-order valence-electron chi connectivity index (χ2n) is 6.63. The van der Waals surface area contributed by atoms with Gasteiger partial charge in [-0.15, -0.1) is 0 Å². The van der Waals surface area contributed by atoms with Crippen LogP contribution in [0.15, 0.2) is 42.5 Å². The Bertz CT molecular complexity index is 803. The van der Waals surface area contributed by atoms with Gasteiger partial charge in [-0.3, -0.25) is 4.79 Å². The summed E-state index contributed by atoms with van der Waals surface area (Å²) in [6.45, 7) is 4.73. The average Bonchev–Trinajstić information content (AvgIpc) is 2.97. The van der Waals surface area contributed by atoms with E-state index in [-0.39, 0.29) is 5.91 Å². The molecule has 0 aliphatic carbocycles. The molecule has 1 N–H and O–H groups in total. The first-order valence-corrected chi connectivity index (χ1v) is 9.40. The molecule has 27 heavy (non-hydrogen) atoms. The lowest BCUT2D eigenvalue weighted by Crippen LogP contribution is -2.37. The maximum Gasteiger partial charge on any atom is 0.253 e. The van der Waals surface area contributed by atoms with E-state index in [1.54, 1.807) is 0 Å². The topological polar surface area (TPSA) is 60.0 Å². The van der Waals surface area contributed by atoms with Crippen LogP contribution in [0.4, 0.5) is 5.69 Å². The normalized spacial score (nSPS) is 16.5. The number of benzene rings is 2. The monoisotopic (exact) mass is 368 g/mol. The summed E-state index contributed by atoms with van der Waals surface area (Å²) in [5.41, 5.74) is 2.63. The first-order chi connectivity index (χ1) is 13.3. The van der Waals surface area contributed by atoms with E-state index in [2.05, 4.69) is 10.2 Å². The first-order valence-electron chi connectivity index (χ1n) is 9.40. The number of nitrogens with zero attached hydrogens (tertiary/aromatic N) is 1. The molecule has 4 rings (SSSR count). The van der Waals surface area contributed by atoms with Crippen LogP contribution in [0.1, 0.15) is 22.3 Å². The van der Waals surface area contributed by atoms with Crippen LogP contribution in [-0.4, -0.2) is 45.4 Å². The van der Waals surface area contributed by atoms with Gasteiger partial charge in [0.05, 0.1) is 32.0 Å². The Morgan fingerprint density at radius 2 is 1.74 bits per heavy atom. The molecule has 2 aromatic carbocycles. The van der Waals surface area contributed by atoms with Crippen molar-refractivity contribution in [1.29, 1.82) is 0 Å². The lowest BCUT2D eigenvalue weighted by atomic mass is 10.1. The molecule has 1 amide bonds. The van der Waals surface area contributed by atoms with Crippen LogP contribution in [0.5, 0.6) is 11.5 Å². The summed E-state index contributed by atoms with van der Waals surface area (Å²) in [5.74, 6) is 1.43. The smallest absolute Gasteiger partial charge is 0.253 e. The van der Waals surface area contributed by atoms with Crippen LogP contribution in [-0.2, 0) is 11.3 Å². The number of para-hydroxylation sites is 1. The van der Waals surface area contributed by atoms with E-state index in [1.165, 1.54) is 0 Å².